The van der Waals surface area contributed by atoms with E-state index < -0.39 is 6.03 Å². The average Bonchev–Trinajstić information content (AvgIpc) is 1.19. The van der Waals surface area contributed by atoms with Crippen molar-refractivity contribution in [2.75, 3.05) is 13.1 Å². The molecule has 48 valence electrons. The molecule has 1 rings (SSSR count). The lowest BCUT2D eigenvalue weighted by molar-refractivity contribution is 0.256. The van der Waals surface area contributed by atoms with Gasteiger partial charge >= 0.3 is 6.03 Å². The van der Waals surface area contributed by atoms with Crippen molar-refractivity contribution in [1.29, 1.82) is 0 Å². The average molecular weight is 117 g/mol. The number of hydrogen-bond donors (Lipinski definition) is 3. The van der Waals surface area contributed by atoms with E-state index in [0.29, 0.717) is 0 Å². The van der Waals surface area contributed by atoms with Crippen molar-refractivity contribution in [3.8, 4) is 0 Å². The second-order valence-corrected chi connectivity index (χ2v) is 1.51. The van der Waals surface area contributed by atoms with Gasteiger partial charge in [-0.1, -0.05) is 0 Å². The molecule has 0 bridgehead atoms. The molecule has 1 aliphatic heterocycles. The summed E-state index contributed by atoms with van der Waals surface area (Å²) >= 11 is 0. The molecule has 0 spiro atoms. The maximum absolute atomic E-state index is 9.00. The highest BCUT2D eigenvalue weighted by atomic mass is 16.2. The van der Waals surface area contributed by atoms with Gasteiger partial charge in [0.1, 0.15) is 0 Å². The molecule has 4 heteroatoms. The van der Waals surface area contributed by atoms with Crippen molar-refractivity contribution in [3.63, 3.8) is 0 Å². The second kappa shape index (κ2) is 4.39. The predicted octanol–water partition coefficient (Wildman–Crippen LogP) is -0.996. The number of primary amides is 2. The lowest BCUT2D eigenvalue weighted by Gasteiger charge is -2.09. The van der Waals surface area contributed by atoms with Crippen LogP contribution in [0.4, 0.5) is 4.79 Å². The van der Waals surface area contributed by atoms with E-state index in [2.05, 4.69) is 16.8 Å². The topological polar surface area (TPSA) is 81.1 Å². The SMILES string of the molecule is C1CNC1.NC(N)=O. The van der Waals surface area contributed by atoms with E-state index >= 15 is 0 Å². The summed E-state index contributed by atoms with van der Waals surface area (Å²) in [6.07, 6.45) is 1.39. The Morgan fingerprint density at radius 1 is 1.38 bits per heavy atom. The Balaban J connectivity index is 0.000000122. The molecule has 1 heterocycles. The largest absolute Gasteiger partial charge is 0.352 e. The standard InChI is InChI=1S/C3H7N.CH4N2O/c1-2-4-3-1;2-1(3)4/h4H,1-3H2;(H4,2,3,4). The Hall–Kier alpha value is -0.770. The van der Waals surface area contributed by atoms with Gasteiger partial charge in [-0.15, -0.1) is 0 Å². The Kier molecular flexibility index (Phi) is 3.97. The predicted molar refractivity (Wildman–Crippen MR) is 31.3 cm³/mol. The summed E-state index contributed by atoms with van der Waals surface area (Å²) in [5.74, 6) is 0. The molecule has 0 saturated carbocycles. The molecule has 0 aromatic rings. The maximum Gasteiger partial charge on any atom is 0.309 e. The zero-order valence-electron chi connectivity index (χ0n) is 4.68. The quantitative estimate of drug-likeness (QED) is 0.380. The van der Waals surface area contributed by atoms with Gasteiger partial charge in [0.15, 0.2) is 0 Å². The van der Waals surface area contributed by atoms with E-state index in [1.165, 1.54) is 19.5 Å². The van der Waals surface area contributed by atoms with Crippen LogP contribution >= 0.6 is 0 Å². The Morgan fingerprint density at radius 2 is 1.50 bits per heavy atom. The smallest absolute Gasteiger partial charge is 0.309 e. The summed E-state index contributed by atoms with van der Waals surface area (Å²) in [6, 6.07) is -0.833. The minimum absolute atomic E-state index is 0.833. The van der Waals surface area contributed by atoms with Crippen molar-refractivity contribution in [1.82, 2.24) is 5.32 Å². The molecule has 2 amide bonds. The summed E-state index contributed by atoms with van der Waals surface area (Å²) < 4.78 is 0. The van der Waals surface area contributed by atoms with Gasteiger partial charge in [0.25, 0.3) is 0 Å². The van der Waals surface area contributed by atoms with Crippen molar-refractivity contribution in [3.05, 3.63) is 0 Å². The lowest BCUT2D eigenvalue weighted by atomic mass is 10.3. The van der Waals surface area contributed by atoms with Crippen LogP contribution in [0, 0.1) is 0 Å². The van der Waals surface area contributed by atoms with Crippen LogP contribution in [0.25, 0.3) is 0 Å². The highest BCUT2D eigenvalue weighted by molar-refractivity contribution is 5.69. The number of rotatable bonds is 0. The molecule has 8 heavy (non-hydrogen) atoms. The number of carbonyl (C=O) groups is 1. The molecule has 5 N–H and O–H groups in total. The van der Waals surface area contributed by atoms with Gasteiger partial charge in [0, 0.05) is 0 Å². The Bertz CT molecular complexity index is 61.7. The summed E-state index contributed by atoms with van der Waals surface area (Å²) in [7, 11) is 0. The van der Waals surface area contributed by atoms with E-state index in [-0.39, 0.29) is 0 Å². The number of amides is 2. The third-order valence-corrected chi connectivity index (χ3v) is 0.707. The van der Waals surface area contributed by atoms with E-state index in [0.717, 1.165) is 0 Å². The minimum atomic E-state index is -0.833. The first-order valence-electron chi connectivity index (χ1n) is 2.49. The normalized spacial score (nSPS) is 15.0. The van der Waals surface area contributed by atoms with Gasteiger partial charge in [-0.2, -0.15) is 0 Å². The highest BCUT2D eigenvalue weighted by Gasteiger charge is 1.92. The first-order valence-corrected chi connectivity index (χ1v) is 2.49. The van der Waals surface area contributed by atoms with E-state index in [9.17, 15) is 0 Å². The fourth-order valence-electron chi connectivity index (χ4n) is 0.177. The van der Waals surface area contributed by atoms with Crippen molar-refractivity contribution in [2.45, 2.75) is 6.42 Å². The minimum Gasteiger partial charge on any atom is -0.352 e. The van der Waals surface area contributed by atoms with Crippen LogP contribution in [0.2, 0.25) is 0 Å². The number of carbonyl (C=O) groups excluding carboxylic acids is 1. The molecule has 0 atom stereocenters. The fraction of sp³-hybridized carbons (Fsp3) is 0.750. The first kappa shape index (κ1) is 7.23. The van der Waals surface area contributed by atoms with Crippen LogP contribution in [-0.4, -0.2) is 19.1 Å². The molecule has 1 saturated heterocycles. The fourth-order valence-corrected chi connectivity index (χ4v) is 0.177. The number of hydrogen-bond acceptors (Lipinski definition) is 2. The van der Waals surface area contributed by atoms with Crippen LogP contribution in [0.15, 0.2) is 0 Å². The molecule has 1 fully saturated rings. The monoisotopic (exact) mass is 117 g/mol. The highest BCUT2D eigenvalue weighted by Crippen LogP contribution is 1.80. The van der Waals surface area contributed by atoms with Gasteiger partial charge in [-0.25, -0.2) is 4.79 Å². The molecular formula is C4H11N3O. The van der Waals surface area contributed by atoms with Gasteiger partial charge in [-0.05, 0) is 19.5 Å². The lowest BCUT2D eigenvalue weighted by Crippen LogP contribution is -2.29. The Morgan fingerprint density at radius 3 is 1.50 bits per heavy atom. The first-order chi connectivity index (χ1) is 3.73. The number of urea groups is 1. The third kappa shape index (κ3) is 8.97. The second-order valence-electron chi connectivity index (χ2n) is 1.51. The van der Waals surface area contributed by atoms with Gasteiger partial charge < -0.3 is 16.8 Å². The van der Waals surface area contributed by atoms with E-state index in [4.69, 9.17) is 4.79 Å². The molecule has 0 aromatic heterocycles. The van der Waals surface area contributed by atoms with Crippen LogP contribution in [0.3, 0.4) is 0 Å². The molecule has 0 unspecified atom stereocenters. The van der Waals surface area contributed by atoms with Crippen LogP contribution in [0.1, 0.15) is 6.42 Å². The number of nitrogens with two attached hydrogens (primary N) is 2. The number of nitrogens with one attached hydrogen (secondary N) is 1. The van der Waals surface area contributed by atoms with Crippen LogP contribution in [0.5, 0.6) is 0 Å². The summed E-state index contributed by atoms with van der Waals surface area (Å²) in [4.78, 5) is 9.00. The van der Waals surface area contributed by atoms with Crippen LogP contribution in [-0.2, 0) is 0 Å². The van der Waals surface area contributed by atoms with Crippen molar-refractivity contribution in [2.24, 2.45) is 11.5 Å². The summed E-state index contributed by atoms with van der Waals surface area (Å²) in [6.45, 7) is 2.50. The van der Waals surface area contributed by atoms with E-state index in [1.807, 2.05) is 0 Å². The summed E-state index contributed by atoms with van der Waals surface area (Å²) in [5.41, 5.74) is 8.50. The molecule has 1 aliphatic rings. The van der Waals surface area contributed by atoms with Crippen molar-refractivity contribution >= 4 is 6.03 Å². The maximum atomic E-state index is 9.00. The third-order valence-electron chi connectivity index (χ3n) is 0.707. The molecule has 0 radical (unpaired) electrons. The van der Waals surface area contributed by atoms with Crippen molar-refractivity contribution < 1.29 is 4.79 Å². The molecule has 0 aliphatic carbocycles. The van der Waals surface area contributed by atoms with Crippen LogP contribution < -0.4 is 16.8 Å². The van der Waals surface area contributed by atoms with E-state index in [1.54, 1.807) is 0 Å². The molecule has 4 nitrogen and oxygen atoms in total. The van der Waals surface area contributed by atoms with Gasteiger partial charge in [0.2, 0.25) is 0 Å². The zero-order chi connectivity index (χ0) is 6.41. The van der Waals surface area contributed by atoms with Gasteiger partial charge in [-0.3, -0.25) is 0 Å². The summed E-state index contributed by atoms with van der Waals surface area (Å²) in [5, 5.41) is 3.11. The molecular weight excluding hydrogens is 106 g/mol. The zero-order valence-corrected chi connectivity index (χ0v) is 4.68. The van der Waals surface area contributed by atoms with Gasteiger partial charge in [0.05, 0.1) is 0 Å². The molecule has 0 aromatic carbocycles. The Labute approximate surface area is 48.2 Å².